The van der Waals surface area contributed by atoms with Crippen molar-refractivity contribution in [2.24, 2.45) is 0 Å². The van der Waals surface area contributed by atoms with Gasteiger partial charge in [-0.2, -0.15) is 0 Å². The SMILES string of the molecule is [O]CC(=O)N1CCCNCC1. The van der Waals surface area contributed by atoms with Gasteiger partial charge in [0.2, 0.25) is 0 Å². The molecule has 1 N–H and O–H groups in total. The summed E-state index contributed by atoms with van der Waals surface area (Å²) < 4.78 is 0. The molecule has 1 radical (unpaired) electrons. The molecular weight excluding hydrogens is 144 g/mol. The third-order valence-corrected chi connectivity index (χ3v) is 1.82. The number of hydrogen-bond donors (Lipinski definition) is 1. The van der Waals surface area contributed by atoms with E-state index < -0.39 is 6.61 Å². The van der Waals surface area contributed by atoms with Crippen LogP contribution in [0.2, 0.25) is 0 Å². The van der Waals surface area contributed by atoms with E-state index in [-0.39, 0.29) is 5.91 Å². The summed E-state index contributed by atoms with van der Waals surface area (Å²) >= 11 is 0. The second-order valence-electron chi connectivity index (χ2n) is 2.63. The predicted molar refractivity (Wildman–Crippen MR) is 39.6 cm³/mol. The van der Waals surface area contributed by atoms with Crippen LogP contribution in [0.1, 0.15) is 6.42 Å². The number of amides is 1. The Bertz CT molecular complexity index is 130. The Balaban J connectivity index is 2.36. The predicted octanol–water partition coefficient (Wildman–Crippen LogP) is -0.761. The monoisotopic (exact) mass is 157 g/mol. The molecule has 11 heavy (non-hydrogen) atoms. The highest BCUT2D eigenvalue weighted by atomic mass is 16.3. The molecule has 1 aliphatic heterocycles. The molecule has 0 aliphatic carbocycles. The second-order valence-corrected chi connectivity index (χ2v) is 2.63. The van der Waals surface area contributed by atoms with Gasteiger partial charge in [0.25, 0.3) is 5.91 Å². The third-order valence-electron chi connectivity index (χ3n) is 1.82. The summed E-state index contributed by atoms with van der Waals surface area (Å²) in [5.41, 5.74) is 0. The summed E-state index contributed by atoms with van der Waals surface area (Å²) in [5, 5.41) is 13.4. The smallest absolute Gasteiger partial charge is 0.251 e. The molecule has 1 amide bonds. The van der Waals surface area contributed by atoms with Crippen LogP contribution in [-0.4, -0.2) is 43.6 Å². The van der Waals surface area contributed by atoms with E-state index in [0.29, 0.717) is 6.54 Å². The van der Waals surface area contributed by atoms with Crippen molar-refractivity contribution < 1.29 is 9.90 Å². The highest BCUT2D eigenvalue weighted by molar-refractivity contribution is 5.77. The number of hydrogen-bond acceptors (Lipinski definition) is 2. The van der Waals surface area contributed by atoms with Gasteiger partial charge in [-0.25, -0.2) is 5.11 Å². The normalized spacial score (nSPS) is 19.5. The average Bonchev–Trinajstić information content (AvgIpc) is 2.30. The Morgan fingerprint density at radius 2 is 2.18 bits per heavy atom. The minimum absolute atomic E-state index is 0.270. The van der Waals surface area contributed by atoms with Crippen molar-refractivity contribution in [3.63, 3.8) is 0 Å². The van der Waals surface area contributed by atoms with Crippen molar-refractivity contribution in [2.75, 3.05) is 32.8 Å². The van der Waals surface area contributed by atoms with E-state index in [2.05, 4.69) is 5.32 Å². The Morgan fingerprint density at radius 1 is 1.36 bits per heavy atom. The molecule has 0 aromatic heterocycles. The highest BCUT2D eigenvalue weighted by Gasteiger charge is 2.13. The molecule has 1 fully saturated rings. The van der Waals surface area contributed by atoms with Crippen LogP contribution in [0.5, 0.6) is 0 Å². The van der Waals surface area contributed by atoms with Gasteiger partial charge in [-0.3, -0.25) is 4.79 Å². The molecule has 0 bridgehead atoms. The molecule has 4 nitrogen and oxygen atoms in total. The Labute approximate surface area is 66.2 Å². The molecule has 0 aromatic rings. The Morgan fingerprint density at radius 3 is 2.91 bits per heavy atom. The lowest BCUT2D eigenvalue weighted by Crippen LogP contribution is -2.35. The summed E-state index contributed by atoms with van der Waals surface area (Å²) in [6.07, 6.45) is 0.950. The van der Waals surface area contributed by atoms with Gasteiger partial charge in [-0.1, -0.05) is 0 Å². The maximum absolute atomic E-state index is 10.9. The van der Waals surface area contributed by atoms with Crippen LogP contribution in [0.4, 0.5) is 0 Å². The van der Waals surface area contributed by atoms with E-state index >= 15 is 0 Å². The molecule has 0 spiro atoms. The van der Waals surface area contributed by atoms with Crippen molar-refractivity contribution in [3.05, 3.63) is 0 Å². The van der Waals surface area contributed by atoms with E-state index in [1.807, 2.05) is 0 Å². The second kappa shape index (κ2) is 4.31. The molecule has 1 saturated heterocycles. The lowest BCUT2D eigenvalue weighted by atomic mass is 10.4. The zero-order valence-corrected chi connectivity index (χ0v) is 6.51. The van der Waals surface area contributed by atoms with E-state index in [1.54, 1.807) is 4.90 Å². The van der Waals surface area contributed by atoms with Gasteiger partial charge in [-0.15, -0.1) is 0 Å². The van der Waals surface area contributed by atoms with Gasteiger partial charge in [0.05, 0.1) is 0 Å². The number of nitrogens with zero attached hydrogens (tertiary/aromatic N) is 1. The number of rotatable bonds is 1. The first kappa shape index (κ1) is 8.49. The van der Waals surface area contributed by atoms with Crippen LogP contribution >= 0.6 is 0 Å². The van der Waals surface area contributed by atoms with Crippen LogP contribution in [0.25, 0.3) is 0 Å². The van der Waals surface area contributed by atoms with Crippen LogP contribution in [0.3, 0.4) is 0 Å². The van der Waals surface area contributed by atoms with Gasteiger partial charge in [-0.05, 0) is 13.0 Å². The summed E-state index contributed by atoms with van der Waals surface area (Å²) in [5.74, 6) is -0.270. The minimum Gasteiger partial charge on any atom is -0.339 e. The van der Waals surface area contributed by atoms with Crippen molar-refractivity contribution in [1.29, 1.82) is 0 Å². The molecule has 0 aromatic carbocycles. The van der Waals surface area contributed by atoms with E-state index in [9.17, 15) is 9.90 Å². The lowest BCUT2D eigenvalue weighted by Gasteiger charge is -2.17. The molecule has 63 valence electrons. The first-order valence-electron chi connectivity index (χ1n) is 3.91. The quantitative estimate of drug-likeness (QED) is 0.544. The molecule has 0 atom stereocenters. The summed E-state index contributed by atoms with van der Waals surface area (Å²) in [7, 11) is 0. The van der Waals surface area contributed by atoms with Crippen molar-refractivity contribution in [3.8, 4) is 0 Å². The summed E-state index contributed by atoms with van der Waals surface area (Å²) in [4.78, 5) is 12.5. The fourth-order valence-electron chi connectivity index (χ4n) is 1.19. The van der Waals surface area contributed by atoms with Crippen molar-refractivity contribution >= 4 is 5.91 Å². The average molecular weight is 157 g/mol. The zero-order chi connectivity index (χ0) is 8.10. The fraction of sp³-hybridized carbons (Fsp3) is 0.857. The molecule has 1 aliphatic rings. The largest absolute Gasteiger partial charge is 0.339 e. The number of carbonyl (C=O) groups is 1. The zero-order valence-electron chi connectivity index (χ0n) is 6.51. The molecule has 0 saturated carbocycles. The summed E-state index contributed by atoms with van der Waals surface area (Å²) in [6.45, 7) is 2.56. The van der Waals surface area contributed by atoms with Crippen LogP contribution in [-0.2, 0) is 9.90 Å². The van der Waals surface area contributed by atoms with Crippen LogP contribution < -0.4 is 5.32 Å². The topological polar surface area (TPSA) is 52.2 Å². The van der Waals surface area contributed by atoms with Gasteiger partial charge >= 0.3 is 0 Å². The van der Waals surface area contributed by atoms with Crippen molar-refractivity contribution in [1.82, 2.24) is 10.2 Å². The highest BCUT2D eigenvalue weighted by Crippen LogP contribution is 1.94. The standard InChI is InChI=1S/C7H13N2O2/c10-6-7(11)9-4-1-2-8-3-5-9/h8H,1-6H2. The summed E-state index contributed by atoms with van der Waals surface area (Å²) in [6, 6.07) is 0. The van der Waals surface area contributed by atoms with Gasteiger partial charge in [0.15, 0.2) is 6.61 Å². The number of nitrogens with one attached hydrogen (secondary N) is 1. The number of carbonyl (C=O) groups excluding carboxylic acids is 1. The third kappa shape index (κ3) is 2.48. The fourth-order valence-corrected chi connectivity index (χ4v) is 1.19. The Hall–Kier alpha value is -0.610. The maximum atomic E-state index is 10.9. The van der Waals surface area contributed by atoms with E-state index in [0.717, 1.165) is 26.1 Å². The first-order chi connectivity index (χ1) is 5.34. The van der Waals surface area contributed by atoms with Gasteiger partial charge in [0, 0.05) is 19.6 Å². The van der Waals surface area contributed by atoms with Crippen LogP contribution in [0.15, 0.2) is 0 Å². The lowest BCUT2D eigenvalue weighted by molar-refractivity contribution is -0.135. The Kier molecular flexibility index (Phi) is 3.32. The molecular formula is C7H13N2O2. The maximum Gasteiger partial charge on any atom is 0.251 e. The molecule has 1 rings (SSSR count). The van der Waals surface area contributed by atoms with Gasteiger partial charge in [0.1, 0.15) is 0 Å². The van der Waals surface area contributed by atoms with E-state index in [4.69, 9.17) is 0 Å². The molecule has 1 heterocycles. The van der Waals surface area contributed by atoms with E-state index in [1.165, 1.54) is 0 Å². The van der Waals surface area contributed by atoms with Crippen molar-refractivity contribution in [2.45, 2.75) is 6.42 Å². The molecule has 4 heteroatoms. The van der Waals surface area contributed by atoms with Gasteiger partial charge < -0.3 is 10.2 Å². The minimum atomic E-state index is -0.611. The first-order valence-corrected chi connectivity index (χ1v) is 3.91. The van der Waals surface area contributed by atoms with Crippen LogP contribution in [0, 0.1) is 0 Å². The molecule has 0 unspecified atom stereocenters.